The molecule has 144 valence electrons. The second kappa shape index (κ2) is 6.90. The van der Waals surface area contributed by atoms with Crippen molar-refractivity contribution >= 4 is 33.2 Å². The highest BCUT2D eigenvalue weighted by Gasteiger charge is 2.43. The van der Waals surface area contributed by atoms with Crippen molar-refractivity contribution in [2.75, 3.05) is 11.9 Å². The van der Waals surface area contributed by atoms with Crippen molar-refractivity contribution in [1.82, 2.24) is 4.72 Å². The van der Waals surface area contributed by atoms with E-state index >= 15 is 0 Å². The molecule has 0 aromatic heterocycles. The number of ether oxygens (including phenoxy) is 1. The summed E-state index contributed by atoms with van der Waals surface area (Å²) in [6.45, 7) is -0.266. The smallest absolute Gasteiger partial charge is 0.391 e. The minimum Gasteiger partial charge on any atom is -0.482 e. The predicted octanol–water partition coefficient (Wildman–Crippen LogP) is 3.07. The molecule has 1 amide bonds. The third-order valence-electron chi connectivity index (χ3n) is 4.42. The first kappa shape index (κ1) is 19.2. The zero-order valence-corrected chi connectivity index (χ0v) is 15.0. The van der Waals surface area contributed by atoms with E-state index in [9.17, 15) is 26.4 Å². The van der Waals surface area contributed by atoms with Gasteiger partial charge in [-0.05, 0) is 25.3 Å². The Labute approximate surface area is 153 Å². The van der Waals surface area contributed by atoms with Crippen molar-refractivity contribution in [3.63, 3.8) is 0 Å². The largest absolute Gasteiger partial charge is 0.482 e. The number of hydrogen-bond donors (Lipinski definition) is 2. The third kappa shape index (κ3) is 4.07. The number of sulfonamides is 1. The molecule has 11 heteroatoms. The van der Waals surface area contributed by atoms with Crippen LogP contribution in [0.5, 0.6) is 5.75 Å². The third-order valence-corrected chi connectivity index (χ3v) is 6.40. The summed E-state index contributed by atoms with van der Waals surface area (Å²) >= 11 is 6.01. The maximum atomic E-state index is 12.9. The molecular weight excluding hydrogens is 397 g/mol. The van der Waals surface area contributed by atoms with Gasteiger partial charge in [0, 0.05) is 12.1 Å². The normalized spacial score (nSPS) is 23.8. The molecule has 2 aliphatic rings. The predicted molar refractivity (Wildman–Crippen MR) is 87.7 cm³/mol. The number of hydrogen-bond acceptors (Lipinski definition) is 4. The lowest BCUT2D eigenvalue weighted by Crippen LogP contribution is -2.41. The molecule has 6 nitrogen and oxygen atoms in total. The summed E-state index contributed by atoms with van der Waals surface area (Å²) in [6.07, 6.45) is -4.06. The molecule has 0 spiro atoms. The van der Waals surface area contributed by atoms with Gasteiger partial charge < -0.3 is 10.1 Å². The molecule has 1 fully saturated rings. The summed E-state index contributed by atoms with van der Waals surface area (Å²) in [7, 11) is -4.15. The van der Waals surface area contributed by atoms with Gasteiger partial charge >= 0.3 is 6.18 Å². The topological polar surface area (TPSA) is 84.5 Å². The highest BCUT2D eigenvalue weighted by atomic mass is 35.5. The lowest BCUT2D eigenvalue weighted by molar-refractivity contribution is -0.183. The van der Waals surface area contributed by atoms with E-state index in [1.54, 1.807) is 0 Å². The number of amides is 1. The lowest BCUT2D eigenvalue weighted by Gasteiger charge is -2.31. The van der Waals surface area contributed by atoms with Crippen LogP contribution < -0.4 is 14.8 Å². The number of carbonyl (C=O) groups is 1. The quantitative estimate of drug-likeness (QED) is 0.799. The van der Waals surface area contributed by atoms with Crippen molar-refractivity contribution in [1.29, 1.82) is 0 Å². The molecule has 3 rings (SSSR count). The lowest BCUT2D eigenvalue weighted by atomic mass is 9.86. The average Bonchev–Trinajstić information content (AvgIpc) is 2.53. The van der Waals surface area contributed by atoms with E-state index in [1.807, 2.05) is 0 Å². The molecule has 0 bridgehead atoms. The molecule has 0 radical (unpaired) electrons. The monoisotopic (exact) mass is 412 g/mol. The molecule has 2 N–H and O–H groups in total. The Morgan fingerprint density at radius 1 is 1.27 bits per heavy atom. The SMILES string of the molecule is O=C1COc2cc(S(=O)(=O)NC3CCCC(C(F)(F)F)C3)c(Cl)cc2N1. The summed E-state index contributed by atoms with van der Waals surface area (Å²) in [5.74, 6) is -1.80. The fourth-order valence-electron chi connectivity index (χ4n) is 3.16. The summed E-state index contributed by atoms with van der Waals surface area (Å²) in [5, 5.41) is 2.33. The summed E-state index contributed by atoms with van der Waals surface area (Å²) in [6, 6.07) is 1.57. The van der Waals surface area contributed by atoms with Gasteiger partial charge in [-0.1, -0.05) is 18.0 Å². The van der Waals surface area contributed by atoms with Crippen LogP contribution in [0.25, 0.3) is 0 Å². The van der Waals surface area contributed by atoms with Crippen LogP contribution in [0.2, 0.25) is 5.02 Å². The molecular formula is C15H16ClF3N2O4S. The molecule has 1 aliphatic heterocycles. The number of rotatable bonds is 3. The van der Waals surface area contributed by atoms with E-state index in [2.05, 4.69) is 10.0 Å². The van der Waals surface area contributed by atoms with E-state index in [1.165, 1.54) is 6.07 Å². The number of benzene rings is 1. The Morgan fingerprint density at radius 3 is 2.69 bits per heavy atom. The Balaban J connectivity index is 1.81. The number of carbonyl (C=O) groups excluding carboxylic acids is 1. The summed E-state index contributed by atoms with van der Waals surface area (Å²) in [5.41, 5.74) is 0.236. The molecule has 2 atom stereocenters. The van der Waals surface area contributed by atoms with Gasteiger partial charge in [0.15, 0.2) is 6.61 Å². The number of fused-ring (bicyclic) bond motifs is 1. The zero-order valence-electron chi connectivity index (χ0n) is 13.4. The molecule has 1 saturated carbocycles. The molecule has 2 unspecified atom stereocenters. The second-order valence-corrected chi connectivity index (χ2v) is 8.43. The Kier molecular flexibility index (Phi) is 5.11. The first-order valence-electron chi connectivity index (χ1n) is 7.91. The maximum Gasteiger partial charge on any atom is 0.391 e. The van der Waals surface area contributed by atoms with Gasteiger partial charge in [0.1, 0.15) is 10.6 Å². The standard InChI is InChI=1S/C15H16ClF3N2O4S/c16-10-5-11-12(25-7-14(22)20-11)6-13(10)26(23,24)21-9-3-1-2-8(4-9)15(17,18)19/h5-6,8-9,21H,1-4,7H2,(H,20,22). The summed E-state index contributed by atoms with van der Waals surface area (Å²) in [4.78, 5) is 11.0. The first-order valence-corrected chi connectivity index (χ1v) is 9.77. The minimum absolute atomic E-state index is 0.00509. The van der Waals surface area contributed by atoms with Crippen LogP contribution in [-0.4, -0.2) is 33.1 Å². The van der Waals surface area contributed by atoms with Crippen LogP contribution in [0.15, 0.2) is 17.0 Å². The first-order chi connectivity index (χ1) is 12.1. The van der Waals surface area contributed by atoms with Gasteiger partial charge in [0.2, 0.25) is 10.0 Å². The van der Waals surface area contributed by atoms with Crippen molar-refractivity contribution < 1.29 is 31.1 Å². The van der Waals surface area contributed by atoms with Gasteiger partial charge in [-0.25, -0.2) is 13.1 Å². The van der Waals surface area contributed by atoms with Gasteiger partial charge in [0.25, 0.3) is 5.91 Å². The number of halogens is 4. The van der Waals surface area contributed by atoms with Crippen LogP contribution in [0.3, 0.4) is 0 Å². The van der Waals surface area contributed by atoms with Gasteiger partial charge in [-0.15, -0.1) is 0 Å². The summed E-state index contributed by atoms with van der Waals surface area (Å²) < 4.78 is 71.4. The van der Waals surface area contributed by atoms with Crippen molar-refractivity contribution in [3.05, 3.63) is 17.2 Å². The molecule has 1 aliphatic carbocycles. The molecule has 1 aromatic rings. The minimum atomic E-state index is -4.35. The van der Waals surface area contributed by atoms with E-state index in [0.717, 1.165) is 6.07 Å². The highest BCUT2D eigenvalue weighted by molar-refractivity contribution is 7.89. The van der Waals surface area contributed by atoms with Gasteiger partial charge in [0.05, 0.1) is 16.6 Å². The van der Waals surface area contributed by atoms with E-state index in [-0.39, 0.29) is 47.2 Å². The van der Waals surface area contributed by atoms with Gasteiger partial charge in [-0.2, -0.15) is 13.2 Å². The highest BCUT2D eigenvalue weighted by Crippen LogP contribution is 2.39. The van der Waals surface area contributed by atoms with Crippen LogP contribution in [0.4, 0.5) is 18.9 Å². The van der Waals surface area contributed by atoms with Gasteiger partial charge in [-0.3, -0.25) is 4.79 Å². The fourth-order valence-corrected chi connectivity index (χ4v) is 4.99. The maximum absolute atomic E-state index is 12.9. The number of nitrogens with one attached hydrogen (secondary N) is 2. The number of anilines is 1. The second-order valence-electron chi connectivity index (χ2n) is 6.34. The van der Waals surface area contributed by atoms with Crippen molar-refractivity contribution in [2.24, 2.45) is 5.92 Å². The Hall–Kier alpha value is -1.52. The Bertz CT molecular complexity index is 829. The fraction of sp³-hybridized carbons (Fsp3) is 0.533. The van der Waals surface area contributed by atoms with E-state index in [0.29, 0.717) is 6.42 Å². The van der Waals surface area contributed by atoms with E-state index < -0.39 is 34.1 Å². The van der Waals surface area contributed by atoms with Crippen molar-refractivity contribution in [3.8, 4) is 5.75 Å². The number of alkyl halides is 3. The Morgan fingerprint density at radius 2 is 2.00 bits per heavy atom. The average molecular weight is 413 g/mol. The molecule has 1 heterocycles. The van der Waals surface area contributed by atoms with Crippen LogP contribution in [0.1, 0.15) is 25.7 Å². The van der Waals surface area contributed by atoms with E-state index in [4.69, 9.17) is 16.3 Å². The molecule has 0 saturated heterocycles. The molecule has 26 heavy (non-hydrogen) atoms. The molecule has 1 aromatic carbocycles. The van der Waals surface area contributed by atoms with Crippen molar-refractivity contribution in [2.45, 2.75) is 42.8 Å². The zero-order chi connectivity index (χ0) is 19.1. The van der Waals surface area contributed by atoms with Crippen LogP contribution in [-0.2, 0) is 14.8 Å². The van der Waals surface area contributed by atoms with Crippen LogP contribution in [0, 0.1) is 5.92 Å². The van der Waals surface area contributed by atoms with Crippen LogP contribution >= 0.6 is 11.6 Å².